The highest BCUT2D eigenvalue weighted by Crippen LogP contribution is 2.45. The lowest BCUT2D eigenvalue weighted by atomic mass is 9.99. The molecular weight excluding hydrogens is 506 g/mol. The molecule has 1 amide bonds. The Balaban J connectivity index is 1.65. The smallest absolute Gasteiger partial charge is 0.301 e. The number of rotatable bonds is 5. The van der Waals surface area contributed by atoms with Crippen LogP contribution in [0.15, 0.2) is 53.4 Å². The van der Waals surface area contributed by atoms with Crippen LogP contribution in [0, 0.1) is 18.6 Å². The Morgan fingerprint density at radius 3 is 2.56 bits per heavy atom. The molecule has 1 fully saturated rings. The topological polar surface area (TPSA) is 79.7 Å². The van der Waals surface area contributed by atoms with Gasteiger partial charge in [0.15, 0.2) is 16.8 Å². The van der Waals surface area contributed by atoms with Crippen LogP contribution in [0.5, 0.6) is 5.75 Å². The molecule has 4 aromatic rings. The molecule has 1 aliphatic heterocycles. The van der Waals surface area contributed by atoms with Crippen LogP contribution in [-0.2, 0) is 9.59 Å². The highest BCUT2D eigenvalue weighted by Gasteiger charge is 2.48. The molecule has 5 rings (SSSR count). The van der Waals surface area contributed by atoms with Crippen molar-refractivity contribution in [3.05, 3.63) is 81.1 Å². The van der Waals surface area contributed by atoms with Crippen molar-refractivity contribution in [2.24, 2.45) is 0 Å². The number of aliphatic hydroxyl groups excluding tert-OH is 1. The zero-order valence-electron chi connectivity index (χ0n) is 19.4. The summed E-state index contributed by atoms with van der Waals surface area (Å²) in [7, 11) is 0. The average molecular weight is 527 g/mol. The Morgan fingerprint density at radius 1 is 1.14 bits per heavy atom. The SMILES string of the molecule is Cc1cc(/C(O)=C2\C(=O)C(=O)N(c3nc4cc(F)c(F)cc4s3)C2c2cccs2)ccc1OC(C)C. The molecule has 0 saturated carbocycles. The van der Waals surface area contributed by atoms with Gasteiger partial charge in [-0.25, -0.2) is 13.8 Å². The van der Waals surface area contributed by atoms with E-state index >= 15 is 0 Å². The molecule has 1 N–H and O–H groups in total. The van der Waals surface area contributed by atoms with Crippen molar-refractivity contribution in [1.82, 2.24) is 4.98 Å². The van der Waals surface area contributed by atoms with Gasteiger partial charge >= 0.3 is 5.91 Å². The number of carbonyl (C=O) groups excluding carboxylic acids is 2. The molecule has 1 unspecified atom stereocenters. The molecule has 1 aliphatic rings. The average Bonchev–Trinajstić information content (AvgIpc) is 3.54. The lowest BCUT2D eigenvalue weighted by molar-refractivity contribution is -0.132. The van der Waals surface area contributed by atoms with Gasteiger partial charge in [0.05, 0.1) is 21.9 Å². The largest absolute Gasteiger partial charge is 0.507 e. The van der Waals surface area contributed by atoms with Crippen LogP contribution in [0.4, 0.5) is 13.9 Å². The molecule has 0 aliphatic carbocycles. The third-order valence-corrected chi connectivity index (χ3v) is 7.64. The number of ether oxygens (including phenoxy) is 1. The number of hydrogen-bond acceptors (Lipinski definition) is 7. The molecule has 0 spiro atoms. The maximum Gasteiger partial charge on any atom is 0.301 e. The third kappa shape index (κ3) is 4.06. The molecule has 10 heteroatoms. The van der Waals surface area contributed by atoms with Gasteiger partial charge < -0.3 is 9.84 Å². The number of hydrogen-bond donors (Lipinski definition) is 1. The fourth-order valence-corrected chi connectivity index (χ4v) is 5.92. The minimum atomic E-state index is -1.06. The van der Waals surface area contributed by atoms with Crippen LogP contribution < -0.4 is 9.64 Å². The number of halogens is 2. The highest BCUT2D eigenvalue weighted by atomic mass is 32.1. The quantitative estimate of drug-likeness (QED) is 0.186. The zero-order chi connectivity index (χ0) is 25.7. The van der Waals surface area contributed by atoms with E-state index in [4.69, 9.17) is 4.74 Å². The summed E-state index contributed by atoms with van der Waals surface area (Å²) < 4.78 is 33.6. The number of aryl methyl sites for hydroxylation is 1. The Bertz CT molecular complexity index is 1500. The zero-order valence-corrected chi connectivity index (χ0v) is 21.0. The first-order chi connectivity index (χ1) is 17.2. The summed E-state index contributed by atoms with van der Waals surface area (Å²) in [5.41, 5.74) is 1.19. The number of fused-ring (bicyclic) bond motifs is 1. The summed E-state index contributed by atoms with van der Waals surface area (Å²) in [5.74, 6) is -3.53. The van der Waals surface area contributed by atoms with Crippen molar-refractivity contribution in [2.45, 2.75) is 32.9 Å². The van der Waals surface area contributed by atoms with Crippen molar-refractivity contribution in [1.29, 1.82) is 0 Å². The molecule has 1 atom stereocenters. The lowest BCUT2D eigenvalue weighted by Crippen LogP contribution is -2.28. The number of thiophene rings is 1. The van der Waals surface area contributed by atoms with Gasteiger partial charge in [-0.15, -0.1) is 11.3 Å². The Kier molecular flexibility index (Phi) is 6.09. The second-order valence-corrected chi connectivity index (χ2v) is 10.6. The number of amides is 1. The van der Waals surface area contributed by atoms with Gasteiger partial charge in [0, 0.05) is 16.5 Å². The normalized spacial score (nSPS) is 17.5. The number of anilines is 1. The fourth-order valence-electron chi connectivity index (χ4n) is 4.10. The van der Waals surface area contributed by atoms with E-state index in [1.165, 1.54) is 16.2 Å². The first-order valence-electron chi connectivity index (χ1n) is 11.0. The van der Waals surface area contributed by atoms with Gasteiger partial charge in [-0.1, -0.05) is 17.4 Å². The van der Waals surface area contributed by atoms with Crippen molar-refractivity contribution in [2.75, 3.05) is 4.90 Å². The number of benzene rings is 2. The first-order valence-corrected chi connectivity index (χ1v) is 12.7. The predicted octanol–water partition coefficient (Wildman–Crippen LogP) is 6.36. The van der Waals surface area contributed by atoms with Crippen LogP contribution in [0.1, 0.15) is 35.9 Å². The highest BCUT2D eigenvalue weighted by molar-refractivity contribution is 7.22. The third-order valence-electron chi connectivity index (χ3n) is 5.69. The van der Waals surface area contributed by atoms with Crippen molar-refractivity contribution in [3.8, 4) is 5.75 Å². The van der Waals surface area contributed by atoms with Crippen LogP contribution in [0.2, 0.25) is 0 Å². The summed E-state index contributed by atoms with van der Waals surface area (Å²) in [6.07, 6.45) is -0.0388. The molecule has 2 aromatic carbocycles. The molecule has 2 aromatic heterocycles. The molecule has 184 valence electrons. The number of thiazole rings is 1. The van der Waals surface area contributed by atoms with Gasteiger partial charge in [-0.05, 0) is 62.0 Å². The first kappa shape index (κ1) is 24.1. The van der Waals surface area contributed by atoms with E-state index < -0.39 is 29.4 Å². The number of nitrogens with zero attached hydrogens (tertiary/aromatic N) is 2. The summed E-state index contributed by atoms with van der Waals surface area (Å²) in [4.78, 5) is 32.6. The Morgan fingerprint density at radius 2 is 1.89 bits per heavy atom. The van der Waals surface area contributed by atoms with Crippen molar-refractivity contribution >= 4 is 55.5 Å². The summed E-state index contributed by atoms with van der Waals surface area (Å²) in [6.45, 7) is 5.63. The van der Waals surface area contributed by atoms with E-state index in [0.717, 1.165) is 29.0 Å². The summed E-state index contributed by atoms with van der Waals surface area (Å²) in [6, 6.07) is 9.54. The van der Waals surface area contributed by atoms with Crippen LogP contribution in [0.3, 0.4) is 0 Å². The molecule has 1 saturated heterocycles. The van der Waals surface area contributed by atoms with E-state index in [1.54, 1.807) is 35.7 Å². The van der Waals surface area contributed by atoms with E-state index in [-0.39, 0.29) is 28.1 Å². The maximum atomic E-state index is 13.8. The summed E-state index contributed by atoms with van der Waals surface area (Å²) in [5, 5.41) is 13.2. The minimum absolute atomic E-state index is 0.0388. The predicted molar refractivity (Wildman–Crippen MR) is 136 cm³/mol. The minimum Gasteiger partial charge on any atom is -0.507 e. The second kappa shape index (κ2) is 9.11. The second-order valence-electron chi connectivity index (χ2n) is 8.56. The molecule has 3 heterocycles. The molecule has 36 heavy (non-hydrogen) atoms. The van der Waals surface area contributed by atoms with E-state index in [2.05, 4.69) is 4.98 Å². The summed E-state index contributed by atoms with van der Waals surface area (Å²) >= 11 is 2.27. The Labute approximate surface area is 213 Å². The molecular formula is C26H20F2N2O4S2. The number of aliphatic hydroxyl groups is 1. The molecule has 0 radical (unpaired) electrons. The van der Waals surface area contributed by atoms with Gasteiger partial charge in [-0.3, -0.25) is 14.5 Å². The van der Waals surface area contributed by atoms with Gasteiger partial charge in [-0.2, -0.15) is 0 Å². The van der Waals surface area contributed by atoms with Crippen molar-refractivity contribution in [3.63, 3.8) is 0 Å². The Hall–Kier alpha value is -3.63. The number of ketones is 1. The number of carbonyl (C=O) groups is 2. The van der Waals surface area contributed by atoms with Crippen LogP contribution >= 0.6 is 22.7 Å². The lowest BCUT2D eigenvalue weighted by Gasteiger charge is -2.21. The van der Waals surface area contributed by atoms with Crippen LogP contribution in [-0.4, -0.2) is 27.9 Å². The monoisotopic (exact) mass is 526 g/mol. The van der Waals surface area contributed by atoms with E-state index in [9.17, 15) is 23.5 Å². The van der Waals surface area contributed by atoms with Gasteiger partial charge in [0.25, 0.3) is 5.78 Å². The molecule has 0 bridgehead atoms. The van der Waals surface area contributed by atoms with Gasteiger partial charge in [0.2, 0.25) is 0 Å². The van der Waals surface area contributed by atoms with Crippen LogP contribution in [0.25, 0.3) is 16.0 Å². The number of Topliss-reactive ketones (excluding diaryl/α,β-unsaturated/α-hetero) is 1. The van der Waals surface area contributed by atoms with E-state index in [1.807, 2.05) is 20.8 Å². The fraction of sp³-hybridized carbons (Fsp3) is 0.192. The van der Waals surface area contributed by atoms with Gasteiger partial charge in [0.1, 0.15) is 17.6 Å². The number of aromatic nitrogens is 1. The van der Waals surface area contributed by atoms with E-state index in [0.29, 0.717) is 20.9 Å². The maximum absolute atomic E-state index is 13.8. The van der Waals surface area contributed by atoms with Crippen molar-refractivity contribution < 1.29 is 28.2 Å². The standard InChI is InChI=1S/C26H20F2N2O4S2/c1-12(2)34-18-7-6-14(9-13(18)3)23(31)21-22(19-5-4-8-35-19)30(25(33)24(21)32)26-29-17-10-15(27)16(28)11-20(17)36-26/h4-12,22,31H,1-3H3/b23-21+. The molecule has 6 nitrogen and oxygen atoms in total.